The minimum atomic E-state index is 0. The van der Waals surface area contributed by atoms with Crippen molar-refractivity contribution in [3.63, 3.8) is 0 Å². The van der Waals surface area contributed by atoms with E-state index in [0.29, 0.717) is 30.3 Å². The molecule has 6 nitrogen and oxygen atoms in total. The standard InChI is InChI=1S/C21H27N3O3.2ClH/c1-3-26-20-13-17(21(25)24(2)18-8-11-22-12-9-18)6-7-19(20)27-15-16-5-4-10-23-14-16;;/h4-7,10,13-14,18,22H,3,8-9,11-12,15H2,1-2H3;2*1H. The zero-order chi connectivity index (χ0) is 19.1. The van der Waals surface area contributed by atoms with Crippen molar-refractivity contribution in [3.05, 3.63) is 53.9 Å². The van der Waals surface area contributed by atoms with Crippen LogP contribution in [-0.4, -0.2) is 48.6 Å². The molecular formula is C21H29Cl2N3O3. The minimum Gasteiger partial charge on any atom is -0.490 e. The summed E-state index contributed by atoms with van der Waals surface area (Å²) in [7, 11) is 1.88. The molecule has 0 radical (unpaired) electrons. The summed E-state index contributed by atoms with van der Waals surface area (Å²) in [5, 5.41) is 3.33. The summed E-state index contributed by atoms with van der Waals surface area (Å²) in [4.78, 5) is 18.8. The largest absolute Gasteiger partial charge is 0.490 e. The van der Waals surface area contributed by atoms with Crippen LogP contribution in [0.3, 0.4) is 0 Å². The van der Waals surface area contributed by atoms with Crippen molar-refractivity contribution >= 4 is 30.7 Å². The van der Waals surface area contributed by atoms with Crippen molar-refractivity contribution in [1.82, 2.24) is 15.2 Å². The second kappa shape index (κ2) is 12.5. The first-order valence-corrected chi connectivity index (χ1v) is 9.45. The molecule has 2 heterocycles. The monoisotopic (exact) mass is 441 g/mol. The number of piperidine rings is 1. The van der Waals surface area contributed by atoms with E-state index in [1.807, 2.05) is 37.1 Å². The van der Waals surface area contributed by atoms with E-state index in [9.17, 15) is 4.79 Å². The van der Waals surface area contributed by atoms with Gasteiger partial charge in [0.1, 0.15) is 6.61 Å². The number of pyridine rings is 1. The molecule has 0 saturated carbocycles. The molecule has 1 aromatic heterocycles. The van der Waals surface area contributed by atoms with Gasteiger partial charge in [0.05, 0.1) is 6.61 Å². The molecule has 3 rings (SSSR count). The second-order valence-corrected chi connectivity index (χ2v) is 6.64. The van der Waals surface area contributed by atoms with Gasteiger partial charge in [0.2, 0.25) is 0 Å². The Bertz CT molecular complexity index is 756. The van der Waals surface area contributed by atoms with Crippen LogP contribution in [0.25, 0.3) is 0 Å². The summed E-state index contributed by atoms with van der Waals surface area (Å²) in [5.41, 5.74) is 1.60. The first-order valence-electron chi connectivity index (χ1n) is 9.45. The Hall–Kier alpha value is -2.02. The Labute approximate surface area is 184 Å². The van der Waals surface area contributed by atoms with Crippen LogP contribution in [0.4, 0.5) is 0 Å². The molecule has 0 spiro atoms. The van der Waals surface area contributed by atoms with Crippen LogP contribution in [0, 0.1) is 0 Å². The van der Waals surface area contributed by atoms with Crippen LogP contribution in [0.5, 0.6) is 11.5 Å². The first kappa shape index (κ1) is 25.0. The average molecular weight is 442 g/mol. The Morgan fingerprint density at radius 1 is 1.17 bits per heavy atom. The van der Waals surface area contributed by atoms with Crippen LogP contribution in [0.15, 0.2) is 42.7 Å². The molecule has 0 bridgehead atoms. The Morgan fingerprint density at radius 2 is 1.93 bits per heavy atom. The van der Waals surface area contributed by atoms with Gasteiger partial charge in [0.25, 0.3) is 5.91 Å². The number of hydrogen-bond donors (Lipinski definition) is 1. The number of ether oxygens (including phenoxy) is 2. The SMILES string of the molecule is CCOc1cc(C(=O)N(C)C2CCNCC2)ccc1OCc1cccnc1.Cl.Cl. The molecule has 0 aliphatic carbocycles. The molecule has 0 unspecified atom stereocenters. The third kappa shape index (κ3) is 6.77. The predicted molar refractivity (Wildman–Crippen MR) is 119 cm³/mol. The predicted octanol–water partition coefficient (Wildman–Crippen LogP) is 3.73. The molecule has 160 valence electrons. The van der Waals surface area contributed by atoms with Crippen LogP contribution in [-0.2, 0) is 6.61 Å². The molecule has 2 aromatic rings. The maximum atomic E-state index is 12.9. The van der Waals surface area contributed by atoms with E-state index in [-0.39, 0.29) is 36.8 Å². The lowest BCUT2D eigenvalue weighted by atomic mass is 10.0. The van der Waals surface area contributed by atoms with E-state index >= 15 is 0 Å². The Kier molecular flexibility index (Phi) is 10.8. The van der Waals surface area contributed by atoms with Crippen molar-refractivity contribution in [2.75, 3.05) is 26.7 Å². The van der Waals surface area contributed by atoms with Gasteiger partial charge >= 0.3 is 0 Å². The van der Waals surface area contributed by atoms with Gasteiger partial charge in [-0.2, -0.15) is 0 Å². The maximum absolute atomic E-state index is 12.9. The van der Waals surface area contributed by atoms with Gasteiger partial charge in [-0.25, -0.2) is 0 Å². The lowest BCUT2D eigenvalue weighted by molar-refractivity contribution is 0.0702. The van der Waals surface area contributed by atoms with Crippen molar-refractivity contribution in [3.8, 4) is 11.5 Å². The highest BCUT2D eigenvalue weighted by molar-refractivity contribution is 5.95. The number of halogens is 2. The number of benzene rings is 1. The molecule has 0 atom stereocenters. The molecule has 1 saturated heterocycles. The second-order valence-electron chi connectivity index (χ2n) is 6.64. The highest BCUT2D eigenvalue weighted by Crippen LogP contribution is 2.30. The fourth-order valence-electron chi connectivity index (χ4n) is 3.24. The lowest BCUT2D eigenvalue weighted by Crippen LogP contribution is -2.43. The number of nitrogens with zero attached hydrogens (tertiary/aromatic N) is 2. The molecule has 8 heteroatoms. The molecule has 1 aromatic carbocycles. The van der Waals surface area contributed by atoms with Gasteiger partial charge in [-0.15, -0.1) is 24.8 Å². The number of hydrogen-bond acceptors (Lipinski definition) is 5. The molecule has 1 fully saturated rings. The zero-order valence-corrected chi connectivity index (χ0v) is 18.4. The summed E-state index contributed by atoms with van der Waals surface area (Å²) < 4.78 is 11.6. The van der Waals surface area contributed by atoms with Gasteiger partial charge in [-0.3, -0.25) is 9.78 Å². The Balaban J connectivity index is 0.00000210. The van der Waals surface area contributed by atoms with Crippen molar-refractivity contribution in [2.24, 2.45) is 0 Å². The first-order chi connectivity index (χ1) is 13.2. The number of carbonyl (C=O) groups is 1. The van der Waals surface area contributed by atoms with Gasteiger partial charge < -0.3 is 19.7 Å². The normalized spacial score (nSPS) is 13.6. The van der Waals surface area contributed by atoms with Crippen molar-refractivity contribution in [1.29, 1.82) is 0 Å². The number of aromatic nitrogens is 1. The topological polar surface area (TPSA) is 63.7 Å². The number of carbonyl (C=O) groups excluding carboxylic acids is 1. The zero-order valence-electron chi connectivity index (χ0n) is 16.8. The molecule has 1 aliphatic rings. The molecule has 29 heavy (non-hydrogen) atoms. The van der Waals surface area contributed by atoms with E-state index in [1.165, 1.54) is 0 Å². The van der Waals surface area contributed by atoms with Gasteiger partial charge in [0.15, 0.2) is 11.5 Å². The van der Waals surface area contributed by atoms with E-state index in [1.54, 1.807) is 24.5 Å². The molecular weight excluding hydrogens is 413 g/mol. The lowest BCUT2D eigenvalue weighted by Gasteiger charge is -2.31. The minimum absolute atomic E-state index is 0. The number of amides is 1. The smallest absolute Gasteiger partial charge is 0.253 e. The fourth-order valence-corrected chi connectivity index (χ4v) is 3.24. The van der Waals surface area contributed by atoms with E-state index < -0.39 is 0 Å². The quantitative estimate of drug-likeness (QED) is 0.708. The molecule has 1 N–H and O–H groups in total. The Morgan fingerprint density at radius 3 is 2.59 bits per heavy atom. The van der Waals surface area contributed by atoms with Gasteiger partial charge in [-0.05, 0) is 57.1 Å². The van der Waals surface area contributed by atoms with Crippen molar-refractivity contribution in [2.45, 2.75) is 32.4 Å². The third-order valence-electron chi connectivity index (χ3n) is 4.78. The van der Waals surface area contributed by atoms with Gasteiger partial charge in [0, 0.05) is 36.6 Å². The summed E-state index contributed by atoms with van der Waals surface area (Å²) in [5.74, 6) is 1.23. The van der Waals surface area contributed by atoms with Crippen molar-refractivity contribution < 1.29 is 14.3 Å². The average Bonchev–Trinajstić information content (AvgIpc) is 2.73. The summed E-state index contributed by atoms with van der Waals surface area (Å²) in [6, 6.07) is 9.50. The maximum Gasteiger partial charge on any atom is 0.253 e. The van der Waals surface area contributed by atoms with E-state index in [4.69, 9.17) is 9.47 Å². The van der Waals surface area contributed by atoms with Crippen LogP contribution in [0.2, 0.25) is 0 Å². The summed E-state index contributed by atoms with van der Waals surface area (Å²) in [6.45, 7) is 4.73. The van der Waals surface area contributed by atoms with Crippen LogP contribution < -0.4 is 14.8 Å². The van der Waals surface area contributed by atoms with Crippen LogP contribution in [0.1, 0.15) is 35.7 Å². The highest BCUT2D eigenvalue weighted by Gasteiger charge is 2.23. The van der Waals surface area contributed by atoms with Crippen LogP contribution >= 0.6 is 24.8 Å². The molecule has 1 aliphatic heterocycles. The molecule has 1 amide bonds. The number of rotatable bonds is 7. The van der Waals surface area contributed by atoms with Gasteiger partial charge in [-0.1, -0.05) is 6.07 Å². The fraction of sp³-hybridized carbons (Fsp3) is 0.429. The summed E-state index contributed by atoms with van der Waals surface area (Å²) in [6.07, 6.45) is 5.46. The highest BCUT2D eigenvalue weighted by atomic mass is 35.5. The number of nitrogens with one attached hydrogen (secondary N) is 1. The van der Waals surface area contributed by atoms with E-state index in [2.05, 4.69) is 10.3 Å². The summed E-state index contributed by atoms with van der Waals surface area (Å²) >= 11 is 0. The van der Waals surface area contributed by atoms with E-state index in [0.717, 1.165) is 31.5 Å². The third-order valence-corrected chi connectivity index (χ3v) is 4.78.